The summed E-state index contributed by atoms with van der Waals surface area (Å²) in [6.45, 7) is 6.42. The van der Waals surface area contributed by atoms with Crippen molar-refractivity contribution in [2.24, 2.45) is 0 Å². The van der Waals surface area contributed by atoms with E-state index >= 15 is 0 Å². The molecule has 1 aliphatic heterocycles. The molecule has 1 fully saturated rings. The third-order valence-corrected chi connectivity index (χ3v) is 3.88. The Bertz CT molecular complexity index is 462. The van der Waals surface area contributed by atoms with Crippen molar-refractivity contribution in [3.8, 4) is 0 Å². The summed E-state index contributed by atoms with van der Waals surface area (Å²) >= 11 is 0. The van der Waals surface area contributed by atoms with E-state index in [-0.39, 0.29) is 5.91 Å². The number of hydrogen-bond acceptors (Lipinski definition) is 2. The van der Waals surface area contributed by atoms with Crippen LogP contribution < -0.4 is 0 Å². The van der Waals surface area contributed by atoms with Crippen molar-refractivity contribution in [2.45, 2.75) is 51.7 Å². The molecular weight excluding hydrogens is 238 g/mol. The van der Waals surface area contributed by atoms with Gasteiger partial charge in [-0.05, 0) is 57.7 Å². The van der Waals surface area contributed by atoms with Crippen LogP contribution >= 0.6 is 0 Å². The van der Waals surface area contributed by atoms with E-state index in [1.165, 1.54) is 6.42 Å². The van der Waals surface area contributed by atoms with Crippen LogP contribution in [0.1, 0.15) is 56.0 Å². The minimum atomic E-state index is -0.913. The van der Waals surface area contributed by atoms with Gasteiger partial charge in [-0.2, -0.15) is 0 Å². The lowest BCUT2D eigenvalue weighted by molar-refractivity contribution is 0.0633. The first-order chi connectivity index (χ1) is 8.89. The van der Waals surface area contributed by atoms with Crippen molar-refractivity contribution in [2.75, 3.05) is 6.54 Å². The Balaban J connectivity index is 2.24. The fourth-order valence-corrected chi connectivity index (χ4v) is 2.60. The van der Waals surface area contributed by atoms with Crippen LogP contribution in [-0.4, -0.2) is 28.5 Å². The van der Waals surface area contributed by atoms with Crippen molar-refractivity contribution in [1.82, 2.24) is 4.90 Å². The average molecular weight is 261 g/mol. The van der Waals surface area contributed by atoms with Crippen molar-refractivity contribution < 1.29 is 9.90 Å². The maximum Gasteiger partial charge on any atom is 0.254 e. The first-order valence-corrected chi connectivity index (χ1v) is 7.03. The quantitative estimate of drug-likeness (QED) is 0.889. The second-order valence-electron chi connectivity index (χ2n) is 5.98. The Kier molecular flexibility index (Phi) is 3.95. The fraction of sp³-hybridized carbons (Fsp3) is 0.562. The molecule has 104 valence electrons. The topological polar surface area (TPSA) is 40.5 Å². The third kappa shape index (κ3) is 3.16. The van der Waals surface area contributed by atoms with Crippen LogP contribution in [0.15, 0.2) is 24.3 Å². The number of likely N-dealkylation sites (tertiary alicyclic amines) is 1. The van der Waals surface area contributed by atoms with Crippen LogP contribution in [0, 0.1) is 0 Å². The largest absolute Gasteiger partial charge is 0.386 e. The lowest BCUT2D eigenvalue weighted by Gasteiger charge is -2.33. The maximum atomic E-state index is 12.5. The first kappa shape index (κ1) is 14.1. The van der Waals surface area contributed by atoms with E-state index < -0.39 is 5.60 Å². The predicted octanol–water partition coefficient (Wildman–Crippen LogP) is 2.93. The molecule has 0 spiro atoms. The number of aliphatic hydroxyl groups is 1. The van der Waals surface area contributed by atoms with E-state index in [4.69, 9.17) is 0 Å². The molecule has 1 N–H and O–H groups in total. The third-order valence-electron chi connectivity index (χ3n) is 3.88. The van der Waals surface area contributed by atoms with E-state index in [0.29, 0.717) is 11.6 Å². The van der Waals surface area contributed by atoms with Gasteiger partial charge in [0.05, 0.1) is 5.60 Å². The SMILES string of the molecule is CC1CCCCN1C(=O)c1cccc(C(C)(C)O)c1. The predicted molar refractivity (Wildman–Crippen MR) is 76.0 cm³/mol. The monoisotopic (exact) mass is 261 g/mol. The number of rotatable bonds is 2. The zero-order valence-corrected chi connectivity index (χ0v) is 12.0. The normalized spacial score (nSPS) is 20.4. The number of nitrogens with zero attached hydrogens (tertiary/aromatic N) is 1. The molecule has 0 aromatic heterocycles. The summed E-state index contributed by atoms with van der Waals surface area (Å²) in [7, 11) is 0. The van der Waals surface area contributed by atoms with Gasteiger partial charge in [0.25, 0.3) is 5.91 Å². The highest BCUT2D eigenvalue weighted by atomic mass is 16.3. The molecule has 0 aliphatic carbocycles. The summed E-state index contributed by atoms with van der Waals surface area (Å²) in [6, 6.07) is 7.65. The van der Waals surface area contributed by atoms with Gasteiger partial charge in [0, 0.05) is 18.2 Å². The van der Waals surface area contributed by atoms with E-state index in [9.17, 15) is 9.90 Å². The summed E-state index contributed by atoms with van der Waals surface area (Å²) < 4.78 is 0. The molecule has 1 heterocycles. The highest BCUT2D eigenvalue weighted by Gasteiger charge is 2.25. The highest BCUT2D eigenvalue weighted by Crippen LogP contribution is 2.23. The Morgan fingerprint density at radius 1 is 1.37 bits per heavy atom. The first-order valence-electron chi connectivity index (χ1n) is 7.03. The molecule has 2 rings (SSSR count). The molecule has 1 atom stereocenters. The van der Waals surface area contributed by atoms with Crippen molar-refractivity contribution in [3.63, 3.8) is 0 Å². The molecule has 1 saturated heterocycles. The molecule has 3 nitrogen and oxygen atoms in total. The number of carbonyl (C=O) groups is 1. The Hall–Kier alpha value is -1.35. The maximum absolute atomic E-state index is 12.5. The van der Waals surface area contributed by atoms with Gasteiger partial charge in [-0.25, -0.2) is 0 Å². The number of carbonyl (C=O) groups excluding carboxylic acids is 1. The van der Waals surface area contributed by atoms with Crippen molar-refractivity contribution in [1.29, 1.82) is 0 Å². The zero-order chi connectivity index (χ0) is 14.0. The molecular formula is C16H23NO2. The van der Waals surface area contributed by atoms with Crippen LogP contribution in [0.25, 0.3) is 0 Å². The molecule has 3 heteroatoms. The van der Waals surface area contributed by atoms with Gasteiger partial charge in [-0.3, -0.25) is 4.79 Å². The lowest BCUT2D eigenvalue weighted by atomic mass is 9.95. The Labute approximate surface area is 115 Å². The molecule has 1 unspecified atom stereocenters. The molecule has 0 saturated carbocycles. The molecule has 1 amide bonds. The van der Waals surface area contributed by atoms with Gasteiger partial charge in [0.1, 0.15) is 0 Å². The van der Waals surface area contributed by atoms with E-state index in [2.05, 4.69) is 6.92 Å². The number of piperidine rings is 1. The zero-order valence-electron chi connectivity index (χ0n) is 12.0. The van der Waals surface area contributed by atoms with E-state index in [0.717, 1.165) is 24.9 Å². The molecule has 19 heavy (non-hydrogen) atoms. The fourth-order valence-electron chi connectivity index (χ4n) is 2.60. The smallest absolute Gasteiger partial charge is 0.254 e. The molecule has 1 aromatic carbocycles. The summed E-state index contributed by atoms with van der Waals surface area (Å²) in [5, 5.41) is 10.0. The van der Waals surface area contributed by atoms with Crippen LogP contribution in [0.4, 0.5) is 0 Å². The molecule has 1 aromatic rings. The highest BCUT2D eigenvalue weighted by molar-refractivity contribution is 5.94. The van der Waals surface area contributed by atoms with Gasteiger partial charge in [0.15, 0.2) is 0 Å². The van der Waals surface area contributed by atoms with Gasteiger partial charge in [0.2, 0.25) is 0 Å². The molecule has 0 bridgehead atoms. The van der Waals surface area contributed by atoms with Gasteiger partial charge in [-0.1, -0.05) is 12.1 Å². The molecule has 1 aliphatic rings. The summed E-state index contributed by atoms with van der Waals surface area (Å²) in [5.74, 6) is 0.0818. The van der Waals surface area contributed by atoms with E-state index in [1.54, 1.807) is 13.8 Å². The summed E-state index contributed by atoms with van der Waals surface area (Å²) in [5.41, 5.74) is 0.542. The van der Waals surface area contributed by atoms with Crippen LogP contribution in [0.3, 0.4) is 0 Å². The van der Waals surface area contributed by atoms with Crippen molar-refractivity contribution in [3.05, 3.63) is 35.4 Å². The second-order valence-corrected chi connectivity index (χ2v) is 5.98. The Morgan fingerprint density at radius 3 is 2.74 bits per heavy atom. The van der Waals surface area contributed by atoms with Crippen LogP contribution in [-0.2, 0) is 5.60 Å². The van der Waals surface area contributed by atoms with E-state index in [1.807, 2.05) is 29.2 Å². The minimum Gasteiger partial charge on any atom is -0.386 e. The van der Waals surface area contributed by atoms with Crippen LogP contribution in [0.2, 0.25) is 0 Å². The lowest BCUT2D eigenvalue weighted by Crippen LogP contribution is -2.42. The van der Waals surface area contributed by atoms with Crippen LogP contribution in [0.5, 0.6) is 0 Å². The van der Waals surface area contributed by atoms with Crippen molar-refractivity contribution >= 4 is 5.91 Å². The summed E-state index contributed by atoms with van der Waals surface area (Å²) in [4.78, 5) is 14.5. The standard InChI is InChI=1S/C16H23NO2/c1-12-7-4-5-10-17(12)15(18)13-8-6-9-14(11-13)16(2,3)19/h6,8-9,11-12,19H,4-5,7,10H2,1-3H3. The van der Waals surface area contributed by atoms with Gasteiger partial charge in [-0.15, -0.1) is 0 Å². The average Bonchev–Trinajstić information content (AvgIpc) is 2.38. The molecule has 0 radical (unpaired) electrons. The summed E-state index contributed by atoms with van der Waals surface area (Å²) in [6.07, 6.45) is 3.37. The minimum absolute atomic E-state index is 0.0818. The number of benzene rings is 1. The van der Waals surface area contributed by atoms with Gasteiger partial charge >= 0.3 is 0 Å². The second kappa shape index (κ2) is 5.33. The number of hydrogen-bond donors (Lipinski definition) is 1. The van der Waals surface area contributed by atoms with Gasteiger partial charge < -0.3 is 10.0 Å². The Morgan fingerprint density at radius 2 is 2.11 bits per heavy atom. The number of amides is 1.